The third-order valence-electron chi connectivity index (χ3n) is 10.3. The highest BCUT2D eigenvalue weighted by molar-refractivity contribution is 8.18. The number of likely N-dealkylation sites (tertiary alicyclic amines) is 1. The number of alkyl carbamates (subject to hydrolysis) is 1. The van der Waals surface area contributed by atoms with E-state index < -0.39 is 70.4 Å². The molecule has 1 aromatic carbocycles. The van der Waals surface area contributed by atoms with Gasteiger partial charge in [-0.1, -0.05) is 76.3 Å². The fourth-order valence-corrected chi connectivity index (χ4v) is 10.7. The third kappa shape index (κ3) is 11.4. The third-order valence-corrected chi connectivity index (χ3v) is 13.7. The molecule has 0 aromatic heterocycles. The minimum absolute atomic E-state index is 0.112. The SMILES string of the molecule is CC(C)COC(=O)N[C@H](C(=O)N1CC2(CC1C(=O)NC(CC1CC1)C(=O)C(=O)NCC(=O)NC(C(=O)O)c1ccccc1)SCCCS2)C1CCCCC1. The van der Waals surface area contributed by atoms with Crippen molar-refractivity contribution < 1.29 is 43.4 Å². The number of Topliss-reactive ketones (excluding diaryl/α,β-unsaturated/α-hetero) is 1. The quantitative estimate of drug-likeness (QED) is 0.154. The molecule has 3 unspecified atom stereocenters. The van der Waals surface area contributed by atoms with Crippen LogP contribution >= 0.6 is 23.5 Å². The number of carbonyl (C=O) groups is 7. The average Bonchev–Trinajstić information content (AvgIpc) is 3.92. The second-order valence-electron chi connectivity index (χ2n) is 15.2. The molecule has 2 aliphatic heterocycles. The molecule has 1 spiro atoms. The number of ether oxygens (including phenoxy) is 1. The molecule has 4 atom stereocenters. The molecule has 5 rings (SSSR count). The number of amides is 5. The van der Waals surface area contributed by atoms with E-state index >= 15 is 0 Å². The van der Waals surface area contributed by atoms with Crippen LogP contribution in [0.5, 0.6) is 0 Å². The number of thioether (sulfide) groups is 2. The molecule has 5 amide bonds. The minimum Gasteiger partial charge on any atom is -0.479 e. The van der Waals surface area contributed by atoms with E-state index in [1.807, 2.05) is 13.8 Å². The number of hydrogen-bond acceptors (Lipinski definition) is 10. The van der Waals surface area contributed by atoms with E-state index in [-0.39, 0.29) is 36.7 Å². The van der Waals surface area contributed by atoms with Gasteiger partial charge in [0.15, 0.2) is 6.04 Å². The van der Waals surface area contributed by atoms with E-state index in [9.17, 15) is 38.7 Å². The van der Waals surface area contributed by atoms with E-state index in [2.05, 4.69) is 21.3 Å². The number of hydrogen-bond donors (Lipinski definition) is 5. The Morgan fingerprint density at radius 3 is 2.22 bits per heavy atom. The van der Waals surface area contributed by atoms with Crippen LogP contribution in [0.1, 0.15) is 89.7 Å². The van der Waals surface area contributed by atoms with Crippen molar-refractivity contribution in [2.45, 2.75) is 106 Å². The molecule has 4 fully saturated rings. The Morgan fingerprint density at radius 1 is 0.907 bits per heavy atom. The average molecular weight is 788 g/mol. The van der Waals surface area contributed by atoms with Crippen LogP contribution in [0.4, 0.5) is 4.79 Å². The van der Waals surface area contributed by atoms with Gasteiger partial charge in [-0.05, 0) is 60.5 Å². The van der Waals surface area contributed by atoms with E-state index in [0.717, 1.165) is 62.9 Å². The lowest BCUT2D eigenvalue weighted by atomic mass is 9.83. The zero-order valence-corrected chi connectivity index (χ0v) is 32.6. The van der Waals surface area contributed by atoms with E-state index in [1.54, 1.807) is 58.8 Å². The van der Waals surface area contributed by atoms with E-state index in [4.69, 9.17) is 4.74 Å². The number of benzene rings is 1. The Morgan fingerprint density at radius 2 is 1.59 bits per heavy atom. The standard InChI is InChI=1S/C38H53N5O9S2/c1-23(2)21-52-37(51)42-30(25-10-5-3-6-11-25)35(48)43-22-38(53-16-9-17-54-38)19-28(43)33(46)40-27(18-24-14-15-24)32(45)34(47)39-20-29(44)41-31(36(49)50)26-12-7-4-8-13-26/h4,7-8,12-13,23-25,27-28,30-31H,3,5-6,9-11,14-22H2,1-2H3,(H,39,47)(H,40,46)(H,41,44)(H,42,51)(H,49,50)/t27?,28?,30-,31?/m0/s1. The predicted octanol–water partition coefficient (Wildman–Crippen LogP) is 3.40. The lowest BCUT2D eigenvalue weighted by molar-refractivity contribution is -0.144. The maximum absolute atomic E-state index is 14.6. The Hall–Kier alpha value is -3.79. The van der Waals surface area contributed by atoms with E-state index in [0.29, 0.717) is 18.5 Å². The topological polar surface area (TPSA) is 200 Å². The molecular weight excluding hydrogens is 735 g/mol. The normalized spacial score (nSPS) is 21.4. The Bertz CT molecular complexity index is 1530. The first-order valence-corrected chi connectivity index (χ1v) is 21.0. The monoisotopic (exact) mass is 787 g/mol. The van der Waals surface area contributed by atoms with Crippen molar-refractivity contribution in [3.63, 3.8) is 0 Å². The molecule has 2 saturated heterocycles. The van der Waals surface area contributed by atoms with Crippen molar-refractivity contribution >= 4 is 65.0 Å². The van der Waals surface area contributed by atoms with Crippen molar-refractivity contribution in [2.24, 2.45) is 17.8 Å². The summed E-state index contributed by atoms with van der Waals surface area (Å²) < 4.78 is 4.98. The van der Waals surface area contributed by atoms with Crippen LogP contribution in [-0.2, 0) is 33.5 Å². The van der Waals surface area contributed by atoms with Gasteiger partial charge in [-0.3, -0.25) is 24.0 Å². The number of nitrogens with zero attached hydrogens (tertiary/aromatic N) is 1. The molecular formula is C38H53N5O9S2. The van der Waals surface area contributed by atoms with Crippen LogP contribution in [0.2, 0.25) is 0 Å². The molecule has 14 nitrogen and oxygen atoms in total. The fourth-order valence-electron chi connectivity index (χ4n) is 7.31. The van der Waals surface area contributed by atoms with Crippen LogP contribution in [-0.4, -0.2) is 105 Å². The van der Waals surface area contributed by atoms with Crippen LogP contribution in [0.25, 0.3) is 0 Å². The number of nitrogens with one attached hydrogen (secondary N) is 4. The summed E-state index contributed by atoms with van der Waals surface area (Å²) in [6.07, 6.45) is 7.01. The fraction of sp³-hybridized carbons (Fsp3) is 0.658. The number of carbonyl (C=O) groups excluding carboxylic acids is 6. The summed E-state index contributed by atoms with van der Waals surface area (Å²) in [6.45, 7) is 3.70. The molecule has 0 radical (unpaired) electrons. The molecule has 2 aliphatic carbocycles. The Labute approximate surface area is 324 Å². The maximum atomic E-state index is 14.6. The van der Waals surface area contributed by atoms with Gasteiger partial charge in [0.05, 0.1) is 23.3 Å². The van der Waals surface area contributed by atoms with E-state index in [1.165, 1.54) is 0 Å². The summed E-state index contributed by atoms with van der Waals surface area (Å²) in [4.78, 5) is 94.6. The van der Waals surface area contributed by atoms with Crippen molar-refractivity contribution in [3.05, 3.63) is 35.9 Å². The molecule has 4 aliphatic rings. The number of ketones is 1. The summed E-state index contributed by atoms with van der Waals surface area (Å²) in [5, 5.41) is 20.0. The largest absolute Gasteiger partial charge is 0.479 e. The second kappa shape index (κ2) is 19.2. The van der Waals surface area contributed by atoms with Gasteiger partial charge < -0.3 is 36.0 Å². The lowest BCUT2D eigenvalue weighted by Crippen LogP contribution is -2.58. The lowest BCUT2D eigenvalue weighted by Gasteiger charge is -2.35. The van der Waals surface area contributed by atoms with Crippen LogP contribution < -0.4 is 21.3 Å². The molecule has 0 bridgehead atoms. The molecule has 2 heterocycles. The first kappa shape index (κ1) is 41.4. The summed E-state index contributed by atoms with van der Waals surface area (Å²) in [6, 6.07) is 3.71. The molecule has 16 heteroatoms. The summed E-state index contributed by atoms with van der Waals surface area (Å²) in [5.74, 6) is -3.12. The first-order valence-electron chi connectivity index (χ1n) is 19.1. The first-order chi connectivity index (χ1) is 25.9. The van der Waals surface area contributed by atoms with Gasteiger partial charge in [-0.25, -0.2) is 9.59 Å². The van der Waals surface area contributed by atoms with Crippen LogP contribution in [0, 0.1) is 17.8 Å². The summed E-state index contributed by atoms with van der Waals surface area (Å²) in [5.41, 5.74) is 0.339. The van der Waals surface area contributed by atoms with Gasteiger partial charge in [0.2, 0.25) is 23.5 Å². The number of aliphatic carboxylic acids is 1. The van der Waals surface area contributed by atoms with Crippen LogP contribution in [0.3, 0.4) is 0 Å². The highest BCUT2D eigenvalue weighted by Crippen LogP contribution is 2.50. The number of carboxylic acids is 1. The smallest absolute Gasteiger partial charge is 0.407 e. The highest BCUT2D eigenvalue weighted by atomic mass is 32.2. The Kier molecular flexibility index (Phi) is 14.7. The summed E-state index contributed by atoms with van der Waals surface area (Å²) >= 11 is 3.45. The molecule has 5 N–H and O–H groups in total. The van der Waals surface area contributed by atoms with Gasteiger partial charge in [0, 0.05) is 13.0 Å². The zero-order chi connectivity index (χ0) is 38.8. The van der Waals surface area contributed by atoms with Gasteiger partial charge in [0.25, 0.3) is 5.91 Å². The van der Waals surface area contributed by atoms with Crippen molar-refractivity contribution in [3.8, 4) is 0 Å². The number of carboxylic acid groups (broad SMARTS) is 1. The second-order valence-corrected chi connectivity index (χ2v) is 18.4. The van der Waals surface area contributed by atoms with Gasteiger partial charge in [0.1, 0.15) is 12.1 Å². The van der Waals surface area contributed by atoms with Crippen molar-refractivity contribution in [1.29, 1.82) is 0 Å². The molecule has 2 saturated carbocycles. The van der Waals surface area contributed by atoms with Gasteiger partial charge in [-0.15, -0.1) is 23.5 Å². The molecule has 296 valence electrons. The molecule has 1 aromatic rings. The van der Waals surface area contributed by atoms with Crippen molar-refractivity contribution in [1.82, 2.24) is 26.2 Å². The maximum Gasteiger partial charge on any atom is 0.407 e. The van der Waals surface area contributed by atoms with Gasteiger partial charge >= 0.3 is 12.1 Å². The minimum atomic E-state index is -1.35. The Balaban J connectivity index is 1.29. The van der Waals surface area contributed by atoms with Crippen LogP contribution in [0.15, 0.2) is 30.3 Å². The predicted molar refractivity (Wildman–Crippen MR) is 204 cm³/mol. The molecule has 54 heavy (non-hydrogen) atoms. The zero-order valence-electron chi connectivity index (χ0n) is 31.0. The van der Waals surface area contributed by atoms with Crippen molar-refractivity contribution in [2.75, 3.05) is 31.2 Å². The van der Waals surface area contributed by atoms with Gasteiger partial charge in [-0.2, -0.15) is 0 Å². The summed E-state index contributed by atoms with van der Waals surface area (Å²) in [7, 11) is 0. The number of rotatable bonds is 16. The highest BCUT2D eigenvalue weighted by Gasteiger charge is 2.52.